The number of nitro benzene ring substituents is 1. The van der Waals surface area contributed by atoms with Gasteiger partial charge in [0.05, 0.1) is 38.8 Å². The largest absolute Gasteiger partial charge is 0.497 e. The summed E-state index contributed by atoms with van der Waals surface area (Å²) in [6, 6.07) is 21.2. The first kappa shape index (κ1) is 31.4. The quantitative estimate of drug-likeness (QED) is 0.141. The van der Waals surface area contributed by atoms with E-state index in [9.17, 15) is 24.5 Å². The highest BCUT2D eigenvalue weighted by Crippen LogP contribution is 2.34. The maximum absolute atomic E-state index is 14.1. The standard InChI is InChI=1S/C33H26N6O6S2/c1-18-14-27(40)37-32(34-18)46-25-13-12-20(15-24(25)39(43)44)16-26-31(42)38-29(21-8-7-11-23(17-21)45-3)28(19(2)35-33(38)47-26)30(41)36-22-9-5-4-6-10-22/h4-17,29H,1-3H3,(H,36,41)(H,34,37,40)/b26-16+/t29-/m0/s1. The second-order valence-electron chi connectivity index (χ2n) is 10.5. The van der Waals surface area contributed by atoms with Crippen molar-refractivity contribution in [3.05, 3.63) is 147 Å². The number of carbonyl (C=O) groups excluding carboxylic acids is 1. The molecule has 1 atom stereocenters. The predicted octanol–water partition coefficient (Wildman–Crippen LogP) is 4.33. The highest BCUT2D eigenvalue weighted by molar-refractivity contribution is 7.99. The van der Waals surface area contributed by atoms with E-state index in [1.807, 2.05) is 12.1 Å². The average Bonchev–Trinajstić information content (AvgIpc) is 3.34. The third kappa shape index (κ3) is 6.55. The summed E-state index contributed by atoms with van der Waals surface area (Å²) in [5.74, 6) is 0.144. The molecule has 1 amide bonds. The molecule has 0 radical (unpaired) electrons. The number of para-hydroxylation sites is 1. The number of nitrogens with zero attached hydrogens (tertiary/aromatic N) is 4. The van der Waals surface area contributed by atoms with Crippen molar-refractivity contribution in [3.8, 4) is 5.75 Å². The number of benzene rings is 3. The van der Waals surface area contributed by atoms with Gasteiger partial charge in [-0.05, 0) is 73.1 Å². The van der Waals surface area contributed by atoms with Gasteiger partial charge < -0.3 is 15.0 Å². The van der Waals surface area contributed by atoms with E-state index in [-0.39, 0.29) is 25.8 Å². The number of allylic oxidation sites excluding steroid dienone is 1. The lowest BCUT2D eigenvalue weighted by molar-refractivity contribution is -0.387. The van der Waals surface area contributed by atoms with E-state index in [2.05, 4.69) is 20.3 Å². The molecule has 0 saturated heterocycles. The van der Waals surface area contributed by atoms with Crippen molar-refractivity contribution >= 4 is 46.5 Å². The van der Waals surface area contributed by atoms with Crippen LogP contribution in [0.3, 0.4) is 0 Å². The number of nitro groups is 1. The number of fused-ring (bicyclic) bond motifs is 1. The van der Waals surface area contributed by atoms with Crippen molar-refractivity contribution in [3.63, 3.8) is 0 Å². The van der Waals surface area contributed by atoms with E-state index >= 15 is 0 Å². The highest BCUT2D eigenvalue weighted by Gasteiger charge is 2.33. The Morgan fingerprint density at radius 2 is 1.87 bits per heavy atom. The van der Waals surface area contributed by atoms with Crippen LogP contribution < -0.4 is 30.5 Å². The van der Waals surface area contributed by atoms with Crippen molar-refractivity contribution in [1.82, 2.24) is 14.5 Å². The Hall–Kier alpha value is -5.60. The van der Waals surface area contributed by atoms with E-state index in [4.69, 9.17) is 4.74 Å². The van der Waals surface area contributed by atoms with Gasteiger partial charge in [0, 0.05) is 23.5 Å². The third-order valence-corrected chi connectivity index (χ3v) is 9.17. The predicted molar refractivity (Wildman–Crippen MR) is 179 cm³/mol. The normalized spacial score (nSPS) is 14.4. The molecule has 2 aromatic heterocycles. The zero-order chi connectivity index (χ0) is 33.2. The number of methoxy groups -OCH3 is 1. The number of rotatable bonds is 8. The van der Waals surface area contributed by atoms with Gasteiger partial charge in [0.25, 0.3) is 22.7 Å². The molecule has 1 aliphatic rings. The fraction of sp³-hybridized carbons (Fsp3) is 0.121. The molecule has 0 saturated carbocycles. The molecule has 0 fully saturated rings. The van der Waals surface area contributed by atoms with Crippen LogP contribution in [0.15, 0.2) is 115 Å². The Balaban J connectivity index is 1.45. The van der Waals surface area contributed by atoms with Crippen LogP contribution in [0.5, 0.6) is 5.75 Å². The molecular weight excluding hydrogens is 641 g/mol. The van der Waals surface area contributed by atoms with Gasteiger partial charge in [0.2, 0.25) is 0 Å². The lowest BCUT2D eigenvalue weighted by Gasteiger charge is -2.25. The Morgan fingerprint density at radius 3 is 2.60 bits per heavy atom. The molecule has 6 rings (SSSR count). The van der Waals surface area contributed by atoms with Crippen LogP contribution in [0.25, 0.3) is 6.08 Å². The summed E-state index contributed by atoms with van der Waals surface area (Å²) in [6.45, 7) is 3.38. The lowest BCUT2D eigenvalue weighted by atomic mass is 9.95. The van der Waals surface area contributed by atoms with Gasteiger partial charge in [-0.25, -0.2) is 9.98 Å². The average molecular weight is 667 g/mol. The van der Waals surface area contributed by atoms with E-state index in [0.29, 0.717) is 44.3 Å². The maximum Gasteiger partial charge on any atom is 0.283 e. The molecule has 3 aromatic carbocycles. The maximum atomic E-state index is 14.1. The number of anilines is 1. The van der Waals surface area contributed by atoms with E-state index in [0.717, 1.165) is 23.1 Å². The zero-order valence-corrected chi connectivity index (χ0v) is 26.8. The van der Waals surface area contributed by atoms with E-state index < -0.39 is 22.4 Å². The number of aromatic amines is 1. The van der Waals surface area contributed by atoms with Crippen LogP contribution in [0.1, 0.15) is 29.8 Å². The smallest absolute Gasteiger partial charge is 0.283 e. The minimum Gasteiger partial charge on any atom is -0.497 e. The monoisotopic (exact) mass is 666 g/mol. The van der Waals surface area contributed by atoms with E-state index in [1.165, 1.54) is 23.8 Å². The number of amides is 1. The molecule has 5 aromatic rings. The molecule has 236 valence electrons. The summed E-state index contributed by atoms with van der Waals surface area (Å²) >= 11 is 2.08. The summed E-state index contributed by atoms with van der Waals surface area (Å²) in [4.78, 5) is 63.4. The summed E-state index contributed by atoms with van der Waals surface area (Å²) in [5, 5.41) is 15.2. The molecule has 47 heavy (non-hydrogen) atoms. The molecule has 0 spiro atoms. The topological polar surface area (TPSA) is 162 Å². The molecule has 14 heteroatoms. The molecular formula is C33H26N6O6S2. The second kappa shape index (κ2) is 13.0. The van der Waals surface area contributed by atoms with Crippen LogP contribution in [0.4, 0.5) is 11.4 Å². The number of aryl methyl sites for hydroxylation is 1. The third-order valence-electron chi connectivity index (χ3n) is 7.24. The van der Waals surface area contributed by atoms with E-state index in [1.54, 1.807) is 74.5 Å². The van der Waals surface area contributed by atoms with Crippen LogP contribution in [0, 0.1) is 17.0 Å². The van der Waals surface area contributed by atoms with Gasteiger partial charge in [-0.1, -0.05) is 47.7 Å². The number of thiazole rings is 1. The number of H-pyrrole nitrogens is 1. The second-order valence-corrected chi connectivity index (χ2v) is 12.5. The number of aromatic nitrogens is 3. The molecule has 3 heterocycles. The molecule has 0 unspecified atom stereocenters. The molecule has 2 N–H and O–H groups in total. The van der Waals surface area contributed by atoms with Gasteiger partial charge in [-0.3, -0.25) is 29.1 Å². The zero-order valence-electron chi connectivity index (χ0n) is 25.2. The summed E-state index contributed by atoms with van der Waals surface area (Å²) in [6.07, 6.45) is 1.56. The fourth-order valence-corrected chi connectivity index (χ4v) is 7.14. The van der Waals surface area contributed by atoms with Gasteiger partial charge >= 0.3 is 0 Å². The Kier molecular flexibility index (Phi) is 8.70. The minimum absolute atomic E-state index is 0.217. The van der Waals surface area contributed by atoms with Crippen molar-refractivity contribution in [1.29, 1.82) is 0 Å². The van der Waals surface area contributed by atoms with Crippen molar-refractivity contribution in [2.75, 3.05) is 12.4 Å². The summed E-state index contributed by atoms with van der Waals surface area (Å²) in [7, 11) is 1.54. The van der Waals surface area contributed by atoms with Crippen LogP contribution in [-0.4, -0.2) is 32.5 Å². The van der Waals surface area contributed by atoms with Crippen molar-refractivity contribution in [2.24, 2.45) is 4.99 Å². The number of carbonyl (C=O) groups is 1. The first-order chi connectivity index (χ1) is 22.6. The van der Waals surface area contributed by atoms with Crippen LogP contribution >= 0.6 is 23.1 Å². The Labute approximate surface area is 275 Å². The summed E-state index contributed by atoms with van der Waals surface area (Å²) < 4.78 is 7.19. The molecule has 1 aliphatic heterocycles. The SMILES string of the molecule is COc1cccc([C@H]2C(C(=O)Nc3ccccc3)=C(C)N=c3s/c(=C/c4ccc(Sc5nc(C)cc(=O)[nH]5)c([N+](=O)[O-])c4)c(=O)n32)c1. The lowest BCUT2D eigenvalue weighted by Crippen LogP contribution is -2.40. The fourth-order valence-electron chi connectivity index (χ4n) is 5.17. The van der Waals surface area contributed by atoms with Crippen molar-refractivity contribution < 1.29 is 14.5 Å². The number of nitrogens with one attached hydrogen (secondary N) is 2. The Bertz CT molecular complexity index is 2330. The molecule has 0 aliphatic carbocycles. The van der Waals surface area contributed by atoms with Crippen LogP contribution in [-0.2, 0) is 4.79 Å². The van der Waals surface area contributed by atoms with Crippen molar-refractivity contribution in [2.45, 2.75) is 29.9 Å². The summed E-state index contributed by atoms with van der Waals surface area (Å²) in [5.41, 5.74) is 1.86. The van der Waals surface area contributed by atoms with Gasteiger partial charge in [-0.15, -0.1) is 0 Å². The first-order valence-electron chi connectivity index (χ1n) is 14.2. The molecule has 0 bridgehead atoms. The number of ether oxygens (including phenoxy) is 1. The number of hydrogen-bond acceptors (Lipinski definition) is 10. The van der Waals surface area contributed by atoms with Gasteiger partial charge in [0.15, 0.2) is 9.96 Å². The molecule has 12 nitrogen and oxygen atoms in total. The highest BCUT2D eigenvalue weighted by atomic mass is 32.2. The van der Waals surface area contributed by atoms with Crippen LogP contribution in [0.2, 0.25) is 0 Å². The Morgan fingerprint density at radius 1 is 1.09 bits per heavy atom. The van der Waals surface area contributed by atoms with Gasteiger partial charge in [0.1, 0.15) is 5.75 Å². The first-order valence-corrected chi connectivity index (χ1v) is 15.8. The van der Waals surface area contributed by atoms with Gasteiger partial charge in [-0.2, -0.15) is 0 Å². The number of hydrogen-bond donors (Lipinski definition) is 2. The minimum atomic E-state index is -0.829.